The summed E-state index contributed by atoms with van der Waals surface area (Å²) in [6, 6.07) is 5.49. The highest BCUT2D eigenvalue weighted by molar-refractivity contribution is 9.10. The Hall–Kier alpha value is -0.390. The molecule has 3 nitrogen and oxygen atoms in total. The predicted octanol–water partition coefficient (Wildman–Crippen LogP) is 2.18. The molecule has 2 atom stereocenters. The van der Waals surface area contributed by atoms with E-state index < -0.39 is 10.8 Å². The van der Waals surface area contributed by atoms with Crippen molar-refractivity contribution in [3.8, 4) is 5.75 Å². The van der Waals surface area contributed by atoms with Crippen LogP contribution in [-0.4, -0.2) is 27.9 Å². The number of benzene rings is 1. The van der Waals surface area contributed by atoms with Gasteiger partial charge in [-0.2, -0.15) is 0 Å². The van der Waals surface area contributed by atoms with Crippen molar-refractivity contribution in [3.05, 3.63) is 28.2 Å². The maximum Gasteiger partial charge on any atom is 0.121 e. The van der Waals surface area contributed by atoms with Gasteiger partial charge in [0.2, 0.25) is 0 Å². The number of nitrogens with one attached hydrogen (secondary N) is 1. The van der Waals surface area contributed by atoms with Gasteiger partial charge in [-0.25, -0.2) is 0 Å². The van der Waals surface area contributed by atoms with Crippen LogP contribution in [0.25, 0.3) is 0 Å². The zero-order chi connectivity index (χ0) is 12.1. The van der Waals surface area contributed by atoms with Crippen molar-refractivity contribution in [3.63, 3.8) is 0 Å². The molecule has 0 spiro atoms. The van der Waals surface area contributed by atoms with E-state index in [9.17, 15) is 9.32 Å². The number of phenols is 1. The van der Waals surface area contributed by atoms with Crippen molar-refractivity contribution in [1.82, 2.24) is 5.32 Å². The number of hydrogen-bond donors (Lipinski definition) is 2. The molecular formula is C11H16BrNO2S. The van der Waals surface area contributed by atoms with Gasteiger partial charge in [0.25, 0.3) is 0 Å². The minimum Gasteiger partial charge on any atom is -0.508 e. The molecule has 16 heavy (non-hydrogen) atoms. The van der Waals surface area contributed by atoms with Gasteiger partial charge in [-0.05, 0) is 19.1 Å². The third kappa shape index (κ3) is 4.23. The highest BCUT2D eigenvalue weighted by atomic mass is 79.9. The summed E-state index contributed by atoms with van der Waals surface area (Å²) in [4.78, 5) is 0. The summed E-state index contributed by atoms with van der Waals surface area (Å²) in [6.07, 6.45) is 1.68. The summed E-state index contributed by atoms with van der Waals surface area (Å²) in [5.74, 6) is 0.897. The molecule has 1 aromatic carbocycles. The van der Waals surface area contributed by atoms with E-state index in [0.717, 1.165) is 10.0 Å². The molecule has 0 aliphatic heterocycles. The van der Waals surface area contributed by atoms with Gasteiger partial charge in [-0.1, -0.05) is 22.0 Å². The zero-order valence-corrected chi connectivity index (χ0v) is 11.8. The Kier molecular flexibility index (Phi) is 5.44. The third-order valence-corrected chi connectivity index (χ3v) is 3.57. The van der Waals surface area contributed by atoms with Gasteiger partial charge < -0.3 is 10.4 Å². The van der Waals surface area contributed by atoms with Gasteiger partial charge >= 0.3 is 0 Å². The number of rotatable bonds is 5. The Bertz CT molecular complexity index is 384. The van der Waals surface area contributed by atoms with E-state index in [1.807, 2.05) is 19.1 Å². The summed E-state index contributed by atoms with van der Waals surface area (Å²) in [6.45, 7) is 2.65. The standard InChI is InChI=1S/C11H16BrNO2S/c1-8(13-5-6-16(2)15)10-4-3-9(12)7-11(10)14/h3-4,7-8,13-14H,5-6H2,1-2H3. The second kappa shape index (κ2) is 6.37. The van der Waals surface area contributed by atoms with Crippen LogP contribution < -0.4 is 5.32 Å². The lowest BCUT2D eigenvalue weighted by Gasteiger charge is -2.15. The van der Waals surface area contributed by atoms with E-state index in [2.05, 4.69) is 21.2 Å². The monoisotopic (exact) mass is 305 g/mol. The minimum atomic E-state index is -0.780. The van der Waals surface area contributed by atoms with Crippen molar-refractivity contribution in [2.24, 2.45) is 0 Å². The molecule has 0 aliphatic rings. The molecule has 90 valence electrons. The Morgan fingerprint density at radius 2 is 2.25 bits per heavy atom. The number of hydrogen-bond acceptors (Lipinski definition) is 3. The first-order valence-corrected chi connectivity index (χ1v) is 7.54. The normalized spacial score (nSPS) is 14.7. The molecule has 0 heterocycles. The largest absolute Gasteiger partial charge is 0.508 e. The van der Waals surface area contributed by atoms with Gasteiger partial charge in [0, 0.05) is 45.4 Å². The van der Waals surface area contributed by atoms with Crippen LogP contribution in [0.4, 0.5) is 0 Å². The average Bonchev–Trinajstić information content (AvgIpc) is 2.16. The Labute approximate surface area is 107 Å². The molecule has 0 aromatic heterocycles. The Balaban J connectivity index is 2.58. The highest BCUT2D eigenvalue weighted by Crippen LogP contribution is 2.27. The van der Waals surface area contributed by atoms with E-state index in [1.54, 1.807) is 12.3 Å². The fourth-order valence-electron chi connectivity index (χ4n) is 1.41. The first-order valence-electron chi connectivity index (χ1n) is 5.02. The minimum absolute atomic E-state index is 0.0525. The molecule has 0 saturated heterocycles. The average molecular weight is 306 g/mol. The lowest BCUT2D eigenvalue weighted by Crippen LogP contribution is -2.23. The second-order valence-electron chi connectivity index (χ2n) is 3.66. The van der Waals surface area contributed by atoms with Crippen LogP contribution in [0.5, 0.6) is 5.75 Å². The van der Waals surface area contributed by atoms with E-state index in [1.165, 1.54) is 0 Å². The molecule has 0 saturated carbocycles. The first-order chi connectivity index (χ1) is 7.50. The molecule has 0 bridgehead atoms. The molecule has 0 radical (unpaired) electrons. The van der Waals surface area contributed by atoms with Crippen LogP contribution in [-0.2, 0) is 10.8 Å². The fraction of sp³-hybridized carbons (Fsp3) is 0.455. The molecule has 1 aromatic rings. The van der Waals surface area contributed by atoms with Crippen LogP contribution in [0.15, 0.2) is 22.7 Å². The smallest absolute Gasteiger partial charge is 0.121 e. The van der Waals surface area contributed by atoms with Gasteiger partial charge in [0.15, 0.2) is 0 Å². The summed E-state index contributed by atoms with van der Waals surface area (Å²) in [5, 5.41) is 13.0. The Morgan fingerprint density at radius 3 is 2.81 bits per heavy atom. The maximum atomic E-state index is 10.9. The summed E-state index contributed by atoms with van der Waals surface area (Å²) < 4.78 is 11.7. The molecule has 2 N–H and O–H groups in total. The number of aromatic hydroxyl groups is 1. The second-order valence-corrected chi connectivity index (χ2v) is 6.13. The van der Waals surface area contributed by atoms with E-state index in [0.29, 0.717) is 12.3 Å². The van der Waals surface area contributed by atoms with Gasteiger partial charge in [-0.3, -0.25) is 4.21 Å². The third-order valence-electron chi connectivity index (χ3n) is 2.30. The molecule has 5 heteroatoms. The highest BCUT2D eigenvalue weighted by Gasteiger charge is 2.09. The van der Waals surface area contributed by atoms with E-state index in [-0.39, 0.29) is 11.8 Å². The summed E-state index contributed by atoms with van der Waals surface area (Å²) >= 11 is 3.30. The molecule has 2 unspecified atom stereocenters. The SMILES string of the molecule is CC(NCCS(C)=O)c1ccc(Br)cc1O. The zero-order valence-electron chi connectivity index (χ0n) is 9.37. The predicted molar refractivity (Wildman–Crippen MR) is 71.2 cm³/mol. The van der Waals surface area contributed by atoms with Crippen LogP contribution >= 0.6 is 15.9 Å². The molecule has 1 rings (SSSR count). The molecular weight excluding hydrogens is 290 g/mol. The van der Waals surface area contributed by atoms with Crippen molar-refractivity contribution in [2.75, 3.05) is 18.6 Å². The molecule has 0 amide bonds. The van der Waals surface area contributed by atoms with Crippen molar-refractivity contribution in [1.29, 1.82) is 0 Å². The van der Waals surface area contributed by atoms with Crippen molar-refractivity contribution >= 4 is 26.7 Å². The number of phenolic OH excluding ortho intramolecular Hbond substituents is 1. The van der Waals surface area contributed by atoms with Crippen LogP contribution in [0.1, 0.15) is 18.5 Å². The van der Waals surface area contributed by atoms with Crippen LogP contribution in [0.3, 0.4) is 0 Å². The number of halogens is 1. The lowest BCUT2D eigenvalue weighted by atomic mass is 10.1. The van der Waals surface area contributed by atoms with Crippen LogP contribution in [0.2, 0.25) is 0 Å². The van der Waals surface area contributed by atoms with E-state index >= 15 is 0 Å². The topological polar surface area (TPSA) is 49.3 Å². The van der Waals surface area contributed by atoms with Crippen molar-refractivity contribution < 1.29 is 9.32 Å². The fourth-order valence-corrected chi connectivity index (χ4v) is 2.17. The van der Waals surface area contributed by atoms with E-state index in [4.69, 9.17) is 0 Å². The maximum absolute atomic E-state index is 10.9. The van der Waals surface area contributed by atoms with Crippen molar-refractivity contribution in [2.45, 2.75) is 13.0 Å². The van der Waals surface area contributed by atoms with Gasteiger partial charge in [0.05, 0.1) is 0 Å². The summed E-state index contributed by atoms with van der Waals surface area (Å²) in [5.41, 5.74) is 0.852. The lowest BCUT2D eigenvalue weighted by molar-refractivity contribution is 0.454. The molecule has 0 aliphatic carbocycles. The van der Waals surface area contributed by atoms with Gasteiger partial charge in [0.1, 0.15) is 5.75 Å². The Morgan fingerprint density at radius 1 is 1.56 bits per heavy atom. The summed E-state index contributed by atoms with van der Waals surface area (Å²) in [7, 11) is -0.780. The quantitative estimate of drug-likeness (QED) is 0.876. The van der Waals surface area contributed by atoms with Gasteiger partial charge in [-0.15, -0.1) is 0 Å². The van der Waals surface area contributed by atoms with Crippen LogP contribution in [0, 0.1) is 0 Å². The molecule has 0 fully saturated rings. The first kappa shape index (κ1) is 13.7.